The normalized spacial score (nSPS) is 10.4. The van der Waals surface area contributed by atoms with Gasteiger partial charge in [-0.2, -0.15) is 0 Å². The summed E-state index contributed by atoms with van der Waals surface area (Å²) >= 11 is 11.9. The summed E-state index contributed by atoms with van der Waals surface area (Å²) in [7, 11) is 0. The molecule has 18 heavy (non-hydrogen) atoms. The summed E-state index contributed by atoms with van der Waals surface area (Å²) in [6.07, 6.45) is 0. The van der Waals surface area contributed by atoms with Crippen LogP contribution in [-0.2, 0) is 6.54 Å². The Morgan fingerprint density at radius 3 is 2.67 bits per heavy atom. The van der Waals surface area contributed by atoms with Gasteiger partial charge < -0.3 is 5.32 Å². The predicted octanol–water partition coefficient (Wildman–Crippen LogP) is 5.05. The highest BCUT2D eigenvalue weighted by atomic mass is 35.5. The van der Waals surface area contributed by atoms with E-state index in [0.717, 1.165) is 11.1 Å². The Bertz CT molecular complexity index is 518. The van der Waals surface area contributed by atoms with Gasteiger partial charge in [-0.15, -0.1) is 0 Å². The standard InChI is InChI=1S/C14H12Cl2FN/c1-9-2-5-13(17)14(6-9)18-8-10-7-11(15)3-4-12(10)16/h2-7,18H,8H2,1H3. The van der Waals surface area contributed by atoms with Crippen molar-refractivity contribution in [2.45, 2.75) is 13.5 Å². The van der Waals surface area contributed by atoms with Gasteiger partial charge in [0.15, 0.2) is 0 Å². The highest BCUT2D eigenvalue weighted by molar-refractivity contribution is 6.33. The molecule has 0 aliphatic heterocycles. The molecule has 0 aliphatic carbocycles. The van der Waals surface area contributed by atoms with Crippen molar-refractivity contribution in [2.24, 2.45) is 0 Å². The minimum absolute atomic E-state index is 0.279. The van der Waals surface area contributed by atoms with E-state index in [0.29, 0.717) is 22.3 Å². The maximum Gasteiger partial charge on any atom is 0.146 e. The fourth-order valence-corrected chi connectivity index (χ4v) is 2.02. The molecule has 0 fully saturated rings. The highest BCUT2D eigenvalue weighted by Gasteiger charge is 2.04. The first-order chi connectivity index (χ1) is 8.56. The monoisotopic (exact) mass is 283 g/mol. The molecule has 0 unspecified atom stereocenters. The van der Waals surface area contributed by atoms with Crippen molar-refractivity contribution < 1.29 is 4.39 Å². The molecule has 0 spiro atoms. The third-order valence-electron chi connectivity index (χ3n) is 2.60. The van der Waals surface area contributed by atoms with Gasteiger partial charge in [0, 0.05) is 16.6 Å². The molecular weight excluding hydrogens is 272 g/mol. The van der Waals surface area contributed by atoms with Crippen LogP contribution in [0.2, 0.25) is 10.0 Å². The van der Waals surface area contributed by atoms with Crippen molar-refractivity contribution in [3.8, 4) is 0 Å². The van der Waals surface area contributed by atoms with Gasteiger partial charge in [-0.3, -0.25) is 0 Å². The number of nitrogens with one attached hydrogen (secondary N) is 1. The molecular formula is C14H12Cl2FN. The lowest BCUT2D eigenvalue weighted by Crippen LogP contribution is -2.02. The zero-order valence-electron chi connectivity index (χ0n) is 9.81. The van der Waals surface area contributed by atoms with Crippen LogP contribution in [0.25, 0.3) is 0 Å². The van der Waals surface area contributed by atoms with E-state index in [9.17, 15) is 4.39 Å². The number of hydrogen-bond donors (Lipinski definition) is 1. The van der Waals surface area contributed by atoms with Gasteiger partial charge >= 0.3 is 0 Å². The van der Waals surface area contributed by atoms with Crippen molar-refractivity contribution in [3.05, 3.63) is 63.4 Å². The van der Waals surface area contributed by atoms with E-state index in [1.807, 2.05) is 6.92 Å². The molecule has 0 amide bonds. The molecule has 94 valence electrons. The second-order valence-corrected chi connectivity index (χ2v) is 4.92. The van der Waals surface area contributed by atoms with E-state index in [1.165, 1.54) is 6.07 Å². The summed E-state index contributed by atoms with van der Waals surface area (Å²) in [5.74, 6) is -0.279. The molecule has 0 saturated heterocycles. The fraction of sp³-hybridized carbons (Fsp3) is 0.143. The van der Waals surface area contributed by atoms with Crippen LogP contribution in [0.15, 0.2) is 36.4 Å². The van der Waals surface area contributed by atoms with Crippen molar-refractivity contribution in [2.75, 3.05) is 5.32 Å². The Balaban J connectivity index is 2.16. The molecule has 0 radical (unpaired) electrons. The van der Waals surface area contributed by atoms with Crippen LogP contribution >= 0.6 is 23.2 Å². The molecule has 2 rings (SSSR count). The van der Waals surface area contributed by atoms with E-state index in [2.05, 4.69) is 5.32 Å². The average molecular weight is 284 g/mol. The smallest absolute Gasteiger partial charge is 0.146 e. The van der Waals surface area contributed by atoms with Crippen molar-refractivity contribution in [1.29, 1.82) is 0 Å². The molecule has 2 aromatic carbocycles. The molecule has 0 saturated carbocycles. The second-order valence-electron chi connectivity index (χ2n) is 4.07. The van der Waals surface area contributed by atoms with Gasteiger partial charge in [0.2, 0.25) is 0 Å². The van der Waals surface area contributed by atoms with Gasteiger partial charge in [0.25, 0.3) is 0 Å². The zero-order chi connectivity index (χ0) is 13.1. The van der Waals surface area contributed by atoms with Crippen LogP contribution < -0.4 is 5.32 Å². The molecule has 0 aliphatic rings. The lowest BCUT2D eigenvalue weighted by atomic mass is 10.2. The van der Waals surface area contributed by atoms with Gasteiger partial charge in [-0.05, 0) is 48.4 Å². The minimum atomic E-state index is -0.279. The van der Waals surface area contributed by atoms with Crippen molar-refractivity contribution >= 4 is 28.9 Å². The minimum Gasteiger partial charge on any atom is -0.379 e. The summed E-state index contributed by atoms with van der Waals surface area (Å²) < 4.78 is 13.5. The van der Waals surface area contributed by atoms with E-state index in [4.69, 9.17) is 23.2 Å². The third-order valence-corrected chi connectivity index (χ3v) is 3.20. The number of rotatable bonds is 3. The van der Waals surface area contributed by atoms with Crippen LogP contribution in [0, 0.1) is 12.7 Å². The SMILES string of the molecule is Cc1ccc(F)c(NCc2cc(Cl)ccc2Cl)c1. The Kier molecular flexibility index (Phi) is 4.10. The van der Waals surface area contributed by atoms with Crippen LogP contribution in [0.1, 0.15) is 11.1 Å². The maximum atomic E-state index is 13.5. The van der Waals surface area contributed by atoms with E-state index in [-0.39, 0.29) is 5.82 Å². The molecule has 1 N–H and O–H groups in total. The van der Waals surface area contributed by atoms with Crippen LogP contribution in [0.4, 0.5) is 10.1 Å². The second kappa shape index (κ2) is 5.59. The van der Waals surface area contributed by atoms with Crippen LogP contribution in [0.5, 0.6) is 0 Å². The maximum absolute atomic E-state index is 13.5. The van der Waals surface area contributed by atoms with Crippen LogP contribution in [0.3, 0.4) is 0 Å². The summed E-state index contributed by atoms with van der Waals surface area (Å²) in [6.45, 7) is 2.34. The number of benzene rings is 2. The van der Waals surface area contributed by atoms with Gasteiger partial charge in [0.1, 0.15) is 5.82 Å². The third kappa shape index (κ3) is 3.15. The quantitative estimate of drug-likeness (QED) is 0.831. The Hall–Kier alpha value is -1.25. The highest BCUT2D eigenvalue weighted by Crippen LogP contribution is 2.23. The Labute approximate surface area is 116 Å². The fourth-order valence-electron chi connectivity index (χ4n) is 1.64. The molecule has 0 aromatic heterocycles. The van der Waals surface area contributed by atoms with E-state index < -0.39 is 0 Å². The first kappa shape index (κ1) is 13.2. The topological polar surface area (TPSA) is 12.0 Å². The molecule has 1 nitrogen and oxygen atoms in total. The Morgan fingerprint density at radius 2 is 1.89 bits per heavy atom. The van der Waals surface area contributed by atoms with Crippen molar-refractivity contribution in [1.82, 2.24) is 0 Å². The van der Waals surface area contributed by atoms with E-state index >= 15 is 0 Å². The van der Waals surface area contributed by atoms with Crippen molar-refractivity contribution in [3.63, 3.8) is 0 Å². The Morgan fingerprint density at radius 1 is 1.11 bits per heavy atom. The average Bonchev–Trinajstić information content (AvgIpc) is 2.34. The largest absolute Gasteiger partial charge is 0.379 e. The summed E-state index contributed by atoms with van der Waals surface area (Å²) in [6, 6.07) is 10.1. The molecule has 0 atom stereocenters. The van der Waals surface area contributed by atoms with E-state index in [1.54, 1.807) is 30.3 Å². The summed E-state index contributed by atoms with van der Waals surface area (Å²) in [4.78, 5) is 0. The first-order valence-electron chi connectivity index (χ1n) is 5.50. The van der Waals surface area contributed by atoms with Gasteiger partial charge in [-0.25, -0.2) is 4.39 Å². The molecule has 4 heteroatoms. The number of anilines is 1. The molecule has 2 aromatic rings. The lowest BCUT2D eigenvalue weighted by Gasteiger charge is -2.10. The summed E-state index contributed by atoms with van der Waals surface area (Å²) in [5.41, 5.74) is 2.30. The molecule has 0 heterocycles. The lowest BCUT2D eigenvalue weighted by molar-refractivity contribution is 0.629. The predicted molar refractivity (Wildman–Crippen MR) is 74.9 cm³/mol. The molecule has 0 bridgehead atoms. The van der Waals surface area contributed by atoms with Gasteiger partial charge in [0.05, 0.1) is 5.69 Å². The van der Waals surface area contributed by atoms with Crippen LogP contribution in [-0.4, -0.2) is 0 Å². The van der Waals surface area contributed by atoms with Gasteiger partial charge in [-0.1, -0.05) is 29.3 Å². The summed E-state index contributed by atoms with van der Waals surface area (Å²) in [5, 5.41) is 4.24. The zero-order valence-corrected chi connectivity index (χ0v) is 11.3. The first-order valence-corrected chi connectivity index (χ1v) is 6.26. The number of aryl methyl sites for hydroxylation is 1. The number of hydrogen-bond acceptors (Lipinski definition) is 1. The number of halogens is 3.